The highest BCUT2D eigenvalue weighted by Crippen LogP contribution is 2.29. The van der Waals surface area contributed by atoms with E-state index in [2.05, 4.69) is 4.90 Å². The Balaban J connectivity index is 1.95. The van der Waals surface area contributed by atoms with Crippen molar-refractivity contribution in [3.05, 3.63) is 90.5 Å². The van der Waals surface area contributed by atoms with E-state index in [0.717, 1.165) is 16.9 Å². The summed E-state index contributed by atoms with van der Waals surface area (Å²) in [5.74, 6) is 0.252. The molecule has 3 rings (SSSR count). The Kier molecular flexibility index (Phi) is 5.14. The van der Waals surface area contributed by atoms with E-state index in [1.165, 1.54) is 0 Å². The Morgan fingerprint density at radius 1 is 0.708 bits per heavy atom. The fourth-order valence-electron chi connectivity index (χ4n) is 2.89. The SMILES string of the molecule is OCC(Cc1ccc(O)cc1)N(c1ccccc1)c1ccccc1. The number of phenolic OH excluding ortho intramolecular Hbond substituents is 1. The maximum absolute atomic E-state index is 10.0. The molecule has 122 valence electrons. The number of aliphatic hydroxyl groups excluding tert-OH is 1. The van der Waals surface area contributed by atoms with Crippen LogP contribution in [-0.2, 0) is 6.42 Å². The fourth-order valence-corrected chi connectivity index (χ4v) is 2.89. The molecule has 3 aromatic rings. The highest BCUT2D eigenvalue weighted by molar-refractivity contribution is 5.64. The molecule has 3 aromatic carbocycles. The average Bonchev–Trinajstić information content (AvgIpc) is 2.64. The molecule has 0 aliphatic rings. The van der Waals surface area contributed by atoms with Gasteiger partial charge in [0.2, 0.25) is 0 Å². The van der Waals surface area contributed by atoms with Crippen LogP contribution in [0.4, 0.5) is 11.4 Å². The van der Waals surface area contributed by atoms with Crippen LogP contribution in [0.5, 0.6) is 5.75 Å². The van der Waals surface area contributed by atoms with Gasteiger partial charge in [0.25, 0.3) is 0 Å². The minimum Gasteiger partial charge on any atom is -0.508 e. The Bertz CT molecular complexity index is 702. The molecule has 1 atom stereocenters. The van der Waals surface area contributed by atoms with Crippen LogP contribution in [0.1, 0.15) is 5.56 Å². The highest BCUT2D eigenvalue weighted by atomic mass is 16.3. The van der Waals surface area contributed by atoms with Gasteiger partial charge in [-0.15, -0.1) is 0 Å². The molecule has 0 bridgehead atoms. The van der Waals surface area contributed by atoms with Crippen molar-refractivity contribution in [2.45, 2.75) is 12.5 Å². The molecule has 0 aromatic heterocycles. The molecule has 0 fully saturated rings. The molecule has 1 unspecified atom stereocenters. The van der Waals surface area contributed by atoms with Gasteiger partial charge in [0.05, 0.1) is 12.6 Å². The van der Waals surface area contributed by atoms with E-state index >= 15 is 0 Å². The number of aliphatic hydroxyl groups is 1. The second kappa shape index (κ2) is 7.66. The third-order valence-electron chi connectivity index (χ3n) is 4.05. The number of aromatic hydroxyl groups is 1. The smallest absolute Gasteiger partial charge is 0.115 e. The molecule has 0 aliphatic heterocycles. The molecular weight excluding hydrogens is 298 g/mol. The predicted octanol–water partition coefficient (Wildman–Crippen LogP) is 4.13. The molecule has 0 radical (unpaired) electrons. The first-order valence-electron chi connectivity index (χ1n) is 8.06. The summed E-state index contributed by atoms with van der Waals surface area (Å²) in [5, 5.41) is 19.5. The van der Waals surface area contributed by atoms with Crippen molar-refractivity contribution in [2.24, 2.45) is 0 Å². The largest absolute Gasteiger partial charge is 0.508 e. The van der Waals surface area contributed by atoms with Gasteiger partial charge in [0.1, 0.15) is 5.75 Å². The lowest BCUT2D eigenvalue weighted by atomic mass is 10.0. The lowest BCUT2D eigenvalue weighted by molar-refractivity contribution is 0.264. The van der Waals surface area contributed by atoms with Gasteiger partial charge in [-0.25, -0.2) is 0 Å². The van der Waals surface area contributed by atoms with Gasteiger partial charge in [-0.1, -0.05) is 48.5 Å². The molecule has 24 heavy (non-hydrogen) atoms. The first-order valence-corrected chi connectivity index (χ1v) is 8.06. The van der Waals surface area contributed by atoms with Gasteiger partial charge >= 0.3 is 0 Å². The summed E-state index contributed by atoms with van der Waals surface area (Å²) in [5.41, 5.74) is 3.16. The van der Waals surface area contributed by atoms with Crippen LogP contribution in [0.2, 0.25) is 0 Å². The van der Waals surface area contributed by atoms with E-state index in [9.17, 15) is 10.2 Å². The van der Waals surface area contributed by atoms with E-state index in [0.29, 0.717) is 6.42 Å². The van der Waals surface area contributed by atoms with Crippen molar-refractivity contribution in [2.75, 3.05) is 11.5 Å². The number of anilines is 2. The van der Waals surface area contributed by atoms with Gasteiger partial charge in [-0.2, -0.15) is 0 Å². The van der Waals surface area contributed by atoms with Crippen molar-refractivity contribution in [3.63, 3.8) is 0 Å². The van der Waals surface area contributed by atoms with Crippen LogP contribution < -0.4 is 4.90 Å². The van der Waals surface area contributed by atoms with Crippen molar-refractivity contribution in [3.8, 4) is 5.75 Å². The Hall–Kier alpha value is -2.78. The molecule has 0 aliphatic carbocycles. The standard InChI is InChI=1S/C21H21NO2/c23-16-20(15-17-11-13-21(24)14-12-17)22(18-7-3-1-4-8-18)19-9-5-2-6-10-19/h1-14,20,23-24H,15-16H2. The second-order valence-corrected chi connectivity index (χ2v) is 5.75. The Labute approximate surface area is 142 Å². The Morgan fingerprint density at radius 3 is 1.67 bits per heavy atom. The molecule has 0 heterocycles. The topological polar surface area (TPSA) is 43.7 Å². The number of phenols is 1. The average molecular weight is 319 g/mol. The van der Waals surface area contributed by atoms with Gasteiger partial charge in [-0.05, 0) is 48.4 Å². The lowest BCUT2D eigenvalue weighted by Crippen LogP contribution is -2.36. The minimum atomic E-state index is -0.0978. The van der Waals surface area contributed by atoms with Gasteiger partial charge in [0, 0.05) is 11.4 Å². The minimum absolute atomic E-state index is 0.0324. The molecular formula is C21H21NO2. The van der Waals surface area contributed by atoms with Crippen molar-refractivity contribution in [1.29, 1.82) is 0 Å². The molecule has 3 nitrogen and oxygen atoms in total. The van der Waals surface area contributed by atoms with E-state index in [1.54, 1.807) is 12.1 Å². The Morgan fingerprint density at radius 2 is 1.21 bits per heavy atom. The van der Waals surface area contributed by atoms with E-state index in [4.69, 9.17) is 0 Å². The third kappa shape index (κ3) is 3.76. The van der Waals surface area contributed by atoms with Crippen molar-refractivity contribution < 1.29 is 10.2 Å². The van der Waals surface area contributed by atoms with E-state index in [1.807, 2.05) is 72.8 Å². The predicted molar refractivity (Wildman–Crippen MR) is 97.7 cm³/mol. The molecule has 0 saturated carbocycles. The maximum atomic E-state index is 10.0. The zero-order valence-electron chi connectivity index (χ0n) is 13.4. The zero-order chi connectivity index (χ0) is 16.8. The monoisotopic (exact) mass is 319 g/mol. The molecule has 2 N–H and O–H groups in total. The van der Waals surface area contributed by atoms with Gasteiger partial charge < -0.3 is 15.1 Å². The number of hydrogen-bond acceptors (Lipinski definition) is 3. The first-order chi connectivity index (χ1) is 11.8. The van der Waals surface area contributed by atoms with Gasteiger partial charge in [0.15, 0.2) is 0 Å². The summed E-state index contributed by atoms with van der Waals surface area (Å²) in [4.78, 5) is 2.16. The van der Waals surface area contributed by atoms with Crippen molar-refractivity contribution >= 4 is 11.4 Å². The highest BCUT2D eigenvalue weighted by Gasteiger charge is 2.20. The summed E-state index contributed by atoms with van der Waals surface area (Å²) in [7, 11) is 0. The normalized spacial score (nSPS) is 11.9. The quantitative estimate of drug-likeness (QED) is 0.718. The van der Waals surface area contributed by atoms with E-state index < -0.39 is 0 Å². The molecule has 3 heteroatoms. The summed E-state index contributed by atoms with van der Waals surface area (Å²) in [6.45, 7) is 0.0324. The second-order valence-electron chi connectivity index (χ2n) is 5.75. The number of benzene rings is 3. The van der Waals surface area contributed by atoms with Crippen LogP contribution in [0.15, 0.2) is 84.9 Å². The lowest BCUT2D eigenvalue weighted by Gasteiger charge is -2.33. The van der Waals surface area contributed by atoms with Gasteiger partial charge in [-0.3, -0.25) is 0 Å². The summed E-state index contributed by atoms with van der Waals surface area (Å²) in [6.07, 6.45) is 0.681. The molecule has 0 amide bonds. The zero-order valence-corrected chi connectivity index (χ0v) is 13.4. The van der Waals surface area contributed by atoms with Crippen LogP contribution in [-0.4, -0.2) is 22.9 Å². The van der Waals surface area contributed by atoms with Crippen molar-refractivity contribution in [1.82, 2.24) is 0 Å². The van der Waals surface area contributed by atoms with Crippen LogP contribution >= 0.6 is 0 Å². The van der Waals surface area contributed by atoms with E-state index in [-0.39, 0.29) is 18.4 Å². The third-order valence-corrected chi connectivity index (χ3v) is 4.05. The maximum Gasteiger partial charge on any atom is 0.115 e. The first kappa shape index (κ1) is 16.1. The molecule has 0 saturated heterocycles. The number of hydrogen-bond donors (Lipinski definition) is 2. The summed E-state index contributed by atoms with van der Waals surface area (Å²) in [6, 6.07) is 27.2. The summed E-state index contributed by atoms with van der Waals surface area (Å²) < 4.78 is 0. The van der Waals surface area contributed by atoms with Crippen LogP contribution in [0.3, 0.4) is 0 Å². The summed E-state index contributed by atoms with van der Waals surface area (Å²) >= 11 is 0. The number of rotatable bonds is 6. The number of para-hydroxylation sites is 2. The van der Waals surface area contributed by atoms with Crippen LogP contribution in [0, 0.1) is 0 Å². The number of nitrogens with zero attached hydrogens (tertiary/aromatic N) is 1. The molecule has 0 spiro atoms. The van der Waals surface area contributed by atoms with Crippen LogP contribution in [0.25, 0.3) is 0 Å². The fraction of sp³-hybridized carbons (Fsp3) is 0.143.